The maximum absolute atomic E-state index is 12.3. The first-order valence-electron chi connectivity index (χ1n) is 9.89. The molecule has 0 spiro atoms. The quantitative estimate of drug-likeness (QED) is 0.648. The van der Waals surface area contributed by atoms with Gasteiger partial charge in [0.2, 0.25) is 5.91 Å². The van der Waals surface area contributed by atoms with Crippen LogP contribution in [0.1, 0.15) is 49.2 Å². The summed E-state index contributed by atoms with van der Waals surface area (Å²) in [4.78, 5) is 36.1. The summed E-state index contributed by atoms with van der Waals surface area (Å²) in [5, 5.41) is 8.09. The summed E-state index contributed by atoms with van der Waals surface area (Å²) in [7, 11) is 0. The van der Waals surface area contributed by atoms with Crippen molar-refractivity contribution in [2.75, 3.05) is 11.9 Å². The van der Waals surface area contributed by atoms with Gasteiger partial charge in [0.05, 0.1) is 6.54 Å². The number of benzene rings is 2. The van der Waals surface area contributed by atoms with Gasteiger partial charge in [-0.15, -0.1) is 0 Å². The van der Waals surface area contributed by atoms with Gasteiger partial charge in [-0.2, -0.15) is 0 Å². The van der Waals surface area contributed by atoms with E-state index in [-0.39, 0.29) is 24.9 Å². The molecule has 160 valence electrons. The van der Waals surface area contributed by atoms with Crippen molar-refractivity contribution in [3.63, 3.8) is 0 Å². The minimum absolute atomic E-state index is 0.126. The molecule has 0 radical (unpaired) electrons. The van der Waals surface area contributed by atoms with Gasteiger partial charge in [0.15, 0.2) is 0 Å². The van der Waals surface area contributed by atoms with Crippen LogP contribution < -0.4 is 16.0 Å². The molecule has 2 aromatic carbocycles. The number of ether oxygens (including phenoxy) is 1. The van der Waals surface area contributed by atoms with Gasteiger partial charge in [-0.25, -0.2) is 4.79 Å². The third-order valence-corrected chi connectivity index (χ3v) is 4.13. The molecule has 0 saturated heterocycles. The van der Waals surface area contributed by atoms with E-state index < -0.39 is 11.7 Å². The number of carbonyl (C=O) groups is 3. The number of nitrogens with one attached hydrogen (secondary N) is 3. The molecule has 0 aliphatic rings. The monoisotopic (exact) mass is 411 g/mol. The predicted octanol–water partition coefficient (Wildman–Crippen LogP) is 3.64. The summed E-state index contributed by atoms with van der Waals surface area (Å²) in [5.74, 6) is -0.636. The summed E-state index contributed by atoms with van der Waals surface area (Å²) >= 11 is 0. The zero-order valence-electron chi connectivity index (χ0n) is 17.9. The van der Waals surface area contributed by atoms with E-state index in [0.717, 1.165) is 23.2 Å². The molecule has 0 heterocycles. The van der Waals surface area contributed by atoms with E-state index in [1.54, 1.807) is 45.0 Å². The molecular formula is C23H29N3O4. The second-order valence-corrected chi connectivity index (χ2v) is 7.79. The minimum Gasteiger partial charge on any atom is -0.444 e. The largest absolute Gasteiger partial charge is 0.444 e. The van der Waals surface area contributed by atoms with Crippen LogP contribution in [0, 0.1) is 0 Å². The van der Waals surface area contributed by atoms with Crippen LogP contribution in [0.2, 0.25) is 0 Å². The Kier molecular flexibility index (Phi) is 7.98. The van der Waals surface area contributed by atoms with Crippen LogP contribution in [0.4, 0.5) is 10.5 Å². The maximum Gasteiger partial charge on any atom is 0.407 e. The van der Waals surface area contributed by atoms with Gasteiger partial charge in [-0.1, -0.05) is 37.3 Å². The van der Waals surface area contributed by atoms with Crippen molar-refractivity contribution in [3.8, 4) is 0 Å². The number of alkyl carbamates (subject to hydrolysis) is 1. The molecule has 0 unspecified atom stereocenters. The standard InChI is InChI=1S/C23H29N3O4/c1-5-17-8-6-7-9-19(17)26-20(27)15-24-21(28)18-12-10-16(11-13-18)14-25-22(29)30-23(2,3)4/h6-13H,5,14-15H2,1-4H3,(H,24,28)(H,25,29)(H,26,27). The molecule has 7 nitrogen and oxygen atoms in total. The summed E-state index contributed by atoms with van der Waals surface area (Å²) in [6.07, 6.45) is 0.303. The molecule has 0 atom stereocenters. The lowest BCUT2D eigenvalue weighted by molar-refractivity contribution is -0.115. The summed E-state index contributed by atoms with van der Waals surface area (Å²) < 4.78 is 5.18. The first kappa shape index (κ1) is 22.9. The van der Waals surface area contributed by atoms with Crippen LogP contribution in [0.5, 0.6) is 0 Å². The summed E-state index contributed by atoms with van der Waals surface area (Å²) in [6, 6.07) is 14.3. The van der Waals surface area contributed by atoms with E-state index in [0.29, 0.717) is 5.56 Å². The Hall–Kier alpha value is -3.35. The number of anilines is 1. The molecule has 0 bridgehead atoms. The van der Waals surface area contributed by atoms with Gasteiger partial charge in [-0.05, 0) is 56.5 Å². The smallest absolute Gasteiger partial charge is 0.407 e. The van der Waals surface area contributed by atoms with Gasteiger partial charge < -0.3 is 20.7 Å². The molecule has 2 aromatic rings. The lowest BCUT2D eigenvalue weighted by Crippen LogP contribution is -2.33. The molecular weight excluding hydrogens is 382 g/mol. The lowest BCUT2D eigenvalue weighted by Gasteiger charge is -2.19. The van der Waals surface area contributed by atoms with E-state index in [1.165, 1.54) is 0 Å². The second-order valence-electron chi connectivity index (χ2n) is 7.79. The molecule has 0 aromatic heterocycles. The Morgan fingerprint density at radius 3 is 2.23 bits per heavy atom. The Morgan fingerprint density at radius 2 is 1.60 bits per heavy atom. The van der Waals surface area contributed by atoms with Crippen LogP contribution in [-0.2, 0) is 22.5 Å². The van der Waals surface area contributed by atoms with Crippen LogP contribution in [0.3, 0.4) is 0 Å². The molecule has 2 rings (SSSR count). The molecule has 0 aliphatic heterocycles. The summed E-state index contributed by atoms with van der Waals surface area (Å²) in [6.45, 7) is 7.56. The Morgan fingerprint density at radius 1 is 0.933 bits per heavy atom. The zero-order chi connectivity index (χ0) is 22.1. The SMILES string of the molecule is CCc1ccccc1NC(=O)CNC(=O)c1ccc(CNC(=O)OC(C)(C)C)cc1. The van der Waals surface area contributed by atoms with Gasteiger partial charge in [0.1, 0.15) is 5.60 Å². The molecule has 0 aliphatic carbocycles. The fourth-order valence-electron chi connectivity index (χ4n) is 2.67. The van der Waals surface area contributed by atoms with Crippen molar-refractivity contribution in [3.05, 3.63) is 65.2 Å². The molecule has 3 N–H and O–H groups in total. The summed E-state index contributed by atoms with van der Waals surface area (Å²) in [5.41, 5.74) is 2.48. The molecule has 0 fully saturated rings. The number of hydrogen-bond acceptors (Lipinski definition) is 4. The Bertz CT molecular complexity index is 886. The predicted molar refractivity (Wildman–Crippen MR) is 116 cm³/mol. The van der Waals surface area contributed by atoms with E-state index >= 15 is 0 Å². The highest BCUT2D eigenvalue weighted by Crippen LogP contribution is 2.15. The number of aryl methyl sites for hydroxylation is 1. The van der Waals surface area contributed by atoms with Crippen LogP contribution in [-0.4, -0.2) is 30.1 Å². The minimum atomic E-state index is -0.559. The van der Waals surface area contributed by atoms with Crippen LogP contribution >= 0.6 is 0 Å². The topological polar surface area (TPSA) is 96.5 Å². The highest BCUT2D eigenvalue weighted by Gasteiger charge is 2.15. The van der Waals surface area contributed by atoms with Crippen molar-refractivity contribution in [2.24, 2.45) is 0 Å². The Labute approximate surface area is 177 Å². The third-order valence-electron chi connectivity index (χ3n) is 4.13. The molecule has 7 heteroatoms. The fourth-order valence-corrected chi connectivity index (χ4v) is 2.67. The van der Waals surface area contributed by atoms with E-state index in [1.807, 2.05) is 31.2 Å². The number of rotatable bonds is 7. The highest BCUT2D eigenvalue weighted by molar-refractivity contribution is 5.99. The van der Waals surface area contributed by atoms with Gasteiger partial charge in [0.25, 0.3) is 5.91 Å². The van der Waals surface area contributed by atoms with E-state index in [4.69, 9.17) is 4.74 Å². The highest BCUT2D eigenvalue weighted by atomic mass is 16.6. The molecule has 30 heavy (non-hydrogen) atoms. The normalized spacial score (nSPS) is 10.8. The second kappa shape index (κ2) is 10.4. The van der Waals surface area contributed by atoms with Crippen LogP contribution in [0.15, 0.2) is 48.5 Å². The molecule has 3 amide bonds. The number of para-hydroxylation sites is 1. The average Bonchev–Trinajstić information content (AvgIpc) is 2.70. The fraction of sp³-hybridized carbons (Fsp3) is 0.348. The first-order chi connectivity index (χ1) is 14.2. The third kappa shape index (κ3) is 7.58. The number of carbonyl (C=O) groups excluding carboxylic acids is 3. The van der Waals surface area contributed by atoms with Gasteiger partial charge >= 0.3 is 6.09 Å². The van der Waals surface area contributed by atoms with Gasteiger partial charge in [0, 0.05) is 17.8 Å². The average molecular weight is 412 g/mol. The first-order valence-corrected chi connectivity index (χ1v) is 9.89. The number of hydrogen-bond donors (Lipinski definition) is 3. The molecule has 0 saturated carbocycles. The number of amides is 3. The van der Waals surface area contributed by atoms with Gasteiger partial charge in [-0.3, -0.25) is 9.59 Å². The maximum atomic E-state index is 12.3. The van der Waals surface area contributed by atoms with Crippen LogP contribution in [0.25, 0.3) is 0 Å². The lowest BCUT2D eigenvalue weighted by atomic mass is 10.1. The van der Waals surface area contributed by atoms with Crippen molar-refractivity contribution in [2.45, 2.75) is 46.3 Å². The van der Waals surface area contributed by atoms with Crippen molar-refractivity contribution < 1.29 is 19.1 Å². The van der Waals surface area contributed by atoms with Crippen molar-refractivity contribution >= 4 is 23.6 Å². The van der Waals surface area contributed by atoms with Crippen molar-refractivity contribution in [1.29, 1.82) is 0 Å². The zero-order valence-corrected chi connectivity index (χ0v) is 17.9. The Balaban J connectivity index is 1.81. The van der Waals surface area contributed by atoms with E-state index in [9.17, 15) is 14.4 Å². The van der Waals surface area contributed by atoms with Crippen molar-refractivity contribution in [1.82, 2.24) is 10.6 Å². The van der Waals surface area contributed by atoms with E-state index in [2.05, 4.69) is 16.0 Å².